The summed E-state index contributed by atoms with van der Waals surface area (Å²) >= 11 is 0. The lowest BCUT2D eigenvalue weighted by atomic mass is 9.90. The lowest BCUT2D eigenvalue weighted by molar-refractivity contribution is 0.622. The molecule has 0 aliphatic rings. The monoisotopic (exact) mass is 243 g/mol. The summed E-state index contributed by atoms with van der Waals surface area (Å²) in [6.07, 6.45) is 2.69. The summed E-state index contributed by atoms with van der Waals surface area (Å²) in [6.45, 7) is 6.17. The molecule has 94 valence electrons. The van der Waals surface area contributed by atoms with E-state index in [9.17, 15) is 4.39 Å². The van der Waals surface area contributed by atoms with Crippen LogP contribution in [0.2, 0.25) is 0 Å². The van der Waals surface area contributed by atoms with Gasteiger partial charge in [0.1, 0.15) is 5.82 Å². The summed E-state index contributed by atoms with van der Waals surface area (Å²) in [6, 6.07) is 9.25. The Kier molecular flexibility index (Phi) is 3.75. The molecule has 0 radical (unpaired) electrons. The van der Waals surface area contributed by atoms with Crippen molar-refractivity contribution in [2.45, 2.75) is 33.1 Å². The Balaban J connectivity index is 2.65. The fourth-order valence-electron chi connectivity index (χ4n) is 2.16. The van der Waals surface area contributed by atoms with Crippen LogP contribution in [-0.2, 0) is 0 Å². The minimum atomic E-state index is -0.177. The van der Waals surface area contributed by atoms with E-state index in [0.29, 0.717) is 17.2 Å². The van der Waals surface area contributed by atoms with Gasteiger partial charge >= 0.3 is 0 Å². The van der Waals surface area contributed by atoms with Gasteiger partial charge in [0.2, 0.25) is 0 Å². The quantitative estimate of drug-likeness (QED) is 0.760. The van der Waals surface area contributed by atoms with E-state index in [1.54, 1.807) is 12.3 Å². The van der Waals surface area contributed by atoms with E-state index in [0.717, 1.165) is 17.5 Å². The third-order valence-corrected chi connectivity index (χ3v) is 3.33. The smallest absolute Gasteiger partial charge is 0.133 e. The number of benzene rings is 1. The maximum atomic E-state index is 14.3. The van der Waals surface area contributed by atoms with Crippen LogP contribution in [0.15, 0.2) is 36.5 Å². The Labute approximate surface area is 108 Å². The molecular formula is C16H18FN. The molecule has 0 aliphatic carbocycles. The maximum absolute atomic E-state index is 14.3. The molecule has 0 N–H and O–H groups in total. The van der Waals surface area contributed by atoms with Gasteiger partial charge in [-0.15, -0.1) is 0 Å². The van der Waals surface area contributed by atoms with E-state index in [-0.39, 0.29) is 5.82 Å². The number of nitrogens with zero attached hydrogens (tertiary/aromatic N) is 1. The van der Waals surface area contributed by atoms with Gasteiger partial charge in [-0.2, -0.15) is 0 Å². The molecule has 0 saturated carbocycles. The van der Waals surface area contributed by atoms with Crippen molar-refractivity contribution in [3.63, 3.8) is 0 Å². The molecule has 1 atom stereocenters. The third kappa shape index (κ3) is 2.42. The van der Waals surface area contributed by atoms with Gasteiger partial charge in [0.25, 0.3) is 0 Å². The minimum Gasteiger partial charge on any atom is -0.256 e. The number of aromatic nitrogens is 1. The van der Waals surface area contributed by atoms with Gasteiger partial charge in [-0.1, -0.05) is 26.0 Å². The molecule has 0 spiro atoms. The van der Waals surface area contributed by atoms with Crippen molar-refractivity contribution >= 4 is 0 Å². The Morgan fingerprint density at radius 1 is 1.28 bits per heavy atom. The fourth-order valence-corrected chi connectivity index (χ4v) is 2.16. The highest BCUT2D eigenvalue weighted by Gasteiger charge is 2.16. The molecule has 18 heavy (non-hydrogen) atoms. The molecule has 1 nitrogen and oxygen atoms in total. The molecule has 1 aromatic heterocycles. The molecule has 0 bridgehead atoms. The normalized spacial score (nSPS) is 12.4. The van der Waals surface area contributed by atoms with Crippen LogP contribution in [0.4, 0.5) is 4.39 Å². The van der Waals surface area contributed by atoms with Gasteiger partial charge in [-0.25, -0.2) is 4.39 Å². The molecule has 1 unspecified atom stereocenters. The molecule has 0 fully saturated rings. The predicted molar refractivity (Wildman–Crippen MR) is 73.1 cm³/mol. The molecular weight excluding hydrogens is 225 g/mol. The highest BCUT2D eigenvalue weighted by atomic mass is 19.1. The van der Waals surface area contributed by atoms with Crippen LogP contribution in [0.1, 0.15) is 37.3 Å². The minimum absolute atomic E-state index is 0.177. The van der Waals surface area contributed by atoms with Crippen LogP contribution in [0.5, 0.6) is 0 Å². The molecule has 1 heterocycles. The second kappa shape index (κ2) is 5.30. The van der Waals surface area contributed by atoms with Crippen LogP contribution in [-0.4, -0.2) is 4.98 Å². The summed E-state index contributed by atoms with van der Waals surface area (Å²) in [5.74, 6) is 0.153. The summed E-state index contributed by atoms with van der Waals surface area (Å²) in [5.41, 5.74) is 3.37. The van der Waals surface area contributed by atoms with Gasteiger partial charge in [-0.05, 0) is 48.6 Å². The zero-order valence-corrected chi connectivity index (χ0v) is 11.1. The summed E-state index contributed by atoms with van der Waals surface area (Å²) in [4.78, 5) is 4.28. The molecule has 0 amide bonds. The van der Waals surface area contributed by atoms with E-state index >= 15 is 0 Å². The van der Waals surface area contributed by atoms with Crippen molar-refractivity contribution in [2.75, 3.05) is 0 Å². The van der Waals surface area contributed by atoms with Crippen LogP contribution in [0.3, 0.4) is 0 Å². The Morgan fingerprint density at radius 2 is 2.06 bits per heavy atom. The zero-order chi connectivity index (χ0) is 13.1. The molecule has 2 rings (SSSR count). The number of pyridine rings is 1. The summed E-state index contributed by atoms with van der Waals surface area (Å²) in [5, 5.41) is 0. The molecule has 1 aromatic carbocycles. The number of aryl methyl sites for hydroxylation is 1. The van der Waals surface area contributed by atoms with E-state index in [1.165, 1.54) is 0 Å². The Hall–Kier alpha value is -1.70. The van der Waals surface area contributed by atoms with Crippen LogP contribution in [0, 0.1) is 12.7 Å². The van der Waals surface area contributed by atoms with Gasteiger partial charge < -0.3 is 0 Å². The topological polar surface area (TPSA) is 12.9 Å². The molecule has 2 aromatic rings. The zero-order valence-electron chi connectivity index (χ0n) is 11.1. The van der Waals surface area contributed by atoms with Crippen LogP contribution in [0.25, 0.3) is 11.3 Å². The lowest BCUT2D eigenvalue weighted by Crippen LogP contribution is -2.00. The number of halogens is 1. The van der Waals surface area contributed by atoms with Crippen molar-refractivity contribution < 1.29 is 4.39 Å². The predicted octanol–water partition coefficient (Wildman–Crippen LogP) is 4.71. The van der Waals surface area contributed by atoms with E-state index in [4.69, 9.17) is 0 Å². The number of hydrogen-bond acceptors (Lipinski definition) is 1. The second-order valence-corrected chi connectivity index (χ2v) is 4.74. The van der Waals surface area contributed by atoms with Crippen molar-refractivity contribution in [3.8, 4) is 11.3 Å². The van der Waals surface area contributed by atoms with Crippen molar-refractivity contribution in [2.24, 2.45) is 0 Å². The van der Waals surface area contributed by atoms with E-state index in [2.05, 4.69) is 24.9 Å². The first kappa shape index (κ1) is 12.7. The maximum Gasteiger partial charge on any atom is 0.133 e. The molecule has 0 aliphatic heterocycles. The van der Waals surface area contributed by atoms with Crippen molar-refractivity contribution in [1.29, 1.82) is 0 Å². The Morgan fingerprint density at radius 3 is 2.67 bits per heavy atom. The highest BCUT2D eigenvalue weighted by Crippen LogP contribution is 2.33. The van der Waals surface area contributed by atoms with Crippen molar-refractivity contribution in [1.82, 2.24) is 4.98 Å². The average Bonchev–Trinajstić information content (AvgIpc) is 2.38. The van der Waals surface area contributed by atoms with Crippen LogP contribution < -0.4 is 0 Å². The van der Waals surface area contributed by atoms with Gasteiger partial charge in [0.15, 0.2) is 0 Å². The lowest BCUT2D eigenvalue weighted by Gasteiger charge is -2.16. The fraction of sp³-hybridized carbons (Fsp3) is 0.312. The van der Waals surface area contributed by atoms with E-state index in [1.807, 2.05) is 25.1 Å². The van der Waals surface area contributed by atoms with Gasteiger partial charge in [0.05, 0.1) is 5.69 Å². The first-order valence-electron chi connectivity index (χ1n) is 6.35. The number of hydrogen-bond donors (Lipinski definition) is 0. The first-order chi connectivity index (χ1) is 8.63. The van der Waals surface area contributed by atoms with Gasteiger partial charge in [-0.3, -0.25) is 4.98 Å². The van der Waals surface area contributed by atoms with Crippen LogP contribution >= 0.6 is 0 Å². The van der Waals surface area contributed by atoms with E-state index < -0.39 is 0 Å². The second-order valence-electron chi connectivity index (χ2n) is 4.74. The highest BCUT2D eigenvalue weighted by molar-refractivity contribution is 5.65. The molecule has 2 heteroatoms. The largest absolute Gasteiger partial charge is 0.256 e. The summed E-state index contributed by atoms with van der Waals surface area (Å²) < 4.78 is 14.3. The van der Waals surface area contributed by atoms with Crippen molar-refractivity contribution in [3.05, 3.63) is 53.5 Å². The summed E-state index contributed by atoms with van der Waals surface area (Å²) in [7, 11) is 0. The SMILES string of the molecule is CCC(C)c1cc(C)cc(F)c1-c1ccccn1. The number of rotatable bonds is 3. The Bertz CT molecular complexity index is 534. The third-order valence-electron chi connectivity index (χ3n) is 3.33. The standard InChI is InChI=1S/C16H18FN/c1-4-12(3)13-9-11(2)10-14(17)16(13)15-7-5-6-8-18-15/h5-10,12H,4H2,1-3H3. The average molecular weight is 243 g/mol. The van der Waals surface area contributed by atoms with Gasteiger partial charge in [0, 0.05) is 11.8 Å². The first-order valence-corrected chi connectivity index (χ1v) is 6.35. The molecule has 0 saturated heterocycles.